The van der Waals surface area contributed by atoms with Gasteiger partial charge in [0.25, 0.3) is 5.91 Å². The number of carboxylic acids is 1. The van der Waals surface area contributed by atoms with E-state index in [4.69, 9.17) is 14.2 Å². The maximum atomic E-state index is 14.6. The van der Waals surface area contributed by atoms with Gasteiger partial charge in [-0.2, -0.15) is 0 Å². The van der Waals surface area contributed by atoms with Crippen LogP contribution in [0.2, 0.25) is 0 Å². The number of carboxylic acid groups (broad SMARTS) is 1. The Bertz CT molecular complexity index is 1320. The van der Waals surface area contributed by atoms with Gasteiger partial charge in [0.1, 0.15) is 11.5 Å². The average molecular weight is 638 g/mol. The Morgan fingerprint density at radius 2 is 1.78 bits per heavy atom. The van der Waals surface area contributed by atoms with E-state index in [1.54, 1.807) is 29.0 Å². The van der Waals surface area contributed by atoms with Gasteiger partial charge in [-0.1, -0.05) is 50.2 Å². The van der Waals surface area contributed by atoms with Crippen molar-refractivity contribution in [2.24, 2.45) is 23.7 Å². The molecule has 2 aliphatic heterocycles. The predicted octanol–water partition coefficient (Wildman–Crippen LogP) is 4.25. The molecule has 0 spiro atoms. The van der Waals surface area contributed by atoms with E-state index in [1.165, 1.54) is 0 Å². The van der Waals surface area contributed by atoms with Gasteiger partial charge in [0.15, 0.2) is 0 Å². The van der Waals surface area contributed by atoms with E-state index in [1.807, 2.05) is 64.2 Å². The van der Waals surface area contributed by atoms with E-state index in [2.05, 4.69) is 5.32 Å². The first kappa shape index (κ1) is 35.4. The summed E-state index contributed by atoms with van der Waals surface area (Å²) in [4.78, 5) is 43.6. The van der Waals surface area contributed by atoms with Gasteiger partial charge < -0.3 is 34.4 Å². The molecule has 0 aromatic heterocycles. The number of aliphatic carboxylic acids is 1. The number of likely N-dealkylation sites (N-methyl/N-ethyl adjacent to an activating group) is 1. The fraction of sp³-hybridized carbons (Fsp3) is 0.583. The first-order chi connectivity index (χ1) is 22.1. The molecule has 0 saturated carbocycles. The number of nitrogens with zero attached hydrogens (tertiary/aromatic N) is 2. The monoisotopic (exact) mass is 637 g/mol. The van der Waals surface area contributed by atoms with Crippen molar-refractivity contribution >= 4 is 17.8 Å². The van der Waals surface area contributed by atoms with E-state index < -0.39 is 17.6 Å². The van der Waals surface area contributed by atoms with Crippen LogP contribution in [0.1, 0.15) is 54.6 Å². The molecule has 46 heavy (non-hydrogen) atoms. The molecule has 2 amide bonds. The Morgan fingerprint density at radius 1 is 1.07 bits per heavy atom. The van der Waals surface area contributed by atoms with Crippen LogP contribution in [0.15, 0.2) is 48.5 Å². The number of carbonyl (C=O) groups excluding carboxylic acids is 2. The summed E-state index contributed by atoms with van der Waals surface area (Å²) in [6.45, 7) is 9.51. The first-order valence-corrected chi connectivity index (χ1v) is 16.5. The van der Waals surface area contributed by atoms with Crippen LogP contribution in [-0.4, -0.2) is 98.6 Å². The number of benzene rings is 2. The van der Waals surface area contributed by atoms with E-state index in [9.17, 15) is 19.5 Å². The number of ether oxygens (including phenoxy) is 3. The molecule has 2 aromatic rings. The number of hydrogen-bond acceptors (Lipinski definition) is 7. The van der Waals surface area contributed by atoms with Crippen LogP contribution in [-0.2, 0) is 25.5 Å². The Labute approximate surface area is 273 Å². The summed E-state index contributed by atoms with van der Waals surface area (Å²) in [7, 11) is 3.48. The average Bonchev–Trinajstić information content (AvgIpc) is 3.49. The molecule has 2 heterocycles. The van der Waals surface area contributed by atoms with Gasteiger partial charge in [-0.05, 0) is 48.4 Å². The fourth-order valence-corrected chi connectivity index (χ4v) is 6.65. The molecule has 4 rings (SSSR count). The Morgan fingerprint density at radius 3 is 2.46 bits per heavy atom. The quantitative estimate of drug-likeness (QED) is 0.279. The van der Waals surface area contributed by atoms with Gasteiger partial charge in [0, 0.05) is 71.3 Å². The van der Waals surface area contributed by atoms with Gasteiger partial charge >= 0.3 is 5.97 Å². The second kappa shape index (κ2) is 16.4. The molecule has 2 unspecified atom stereocenters. The van der Waals surface area contributed by atoms with E-state index in [0.29, 0.717) is 63.5 Å². The summed E-state index contributed by atoms with van der Waals surface area (Å²) in [5, 5.41) is 13.5. The molecule has 4 atom stereocenters. The standard InChI is InChI=1S/C36H51N3O7/c1-25(2)36(20-29(35(42)43)14-17-46-36)39(34(41)28-13-12-26(3)32(19-28)45-16-9-15-44-5)24-31-22-37-21-30(31)23-38(4)33(40)18-27-10-7-6-8-11-27/h6-8,10-13,19,25,29-31,37H,9,14-18,20-24H2,1-5H3,(H,42,43)/t29?,30-,31-,36?/m0/s1. The summed E-state index contributed by atoms with van der Waals surface area (Å²) in [6, 6.07) is 15.2. The van der Waals surface area contributed by atoms with Crippen LogP contribution in [0.3, 0.4) is 0 Å². The first-order valence-electron chi connectivity index (χ1n) is 16.5. The number of carbonyl (C=O) groups is 3. The van der Waals surface area contributed by atoms with Crippen molar-refractivity contribution in [1.29, 1.82) is 0 Å². The van der Waals surface area contributed by atoms with E-state index in [-0.39, 0.29) is 42.6 Å². The van der Waals surface area contributed by atoms with Crippen LogP contribution in [0, 0.1) is 30.6 Å². The molecule has 2 N–H and O–H groups in total. The van der Waals surface area contributed by atoms with Crippen molar-refractivity contribution in [3.05, 3.63) is 65.2 Å². The van der Waals surface area contributed by atoms with E-state index in [0.717, 1.165) is 17.5 Å². The van der Waals surface area contributed by atoms with Crippen molar-refractivity contribution < 1.29 is 33.7 Å². The fourth-order valence-electron chi connectivity index (χ4n) is 6.65. The van der Waals surface area contributed by atoms with Gasteiger partial charge in [-0.15, -0.1) is 0 Å². The molecule has 0 bridgehead atoms. The van der Waals surface area contributed by atoms with Crippen LogP contribution < -0.4 is 10.1 Å². The highest BCUT2D eigenvalue weighted by atomic mass is 16.5. The highest BCUT2D eigenvalue weighted by Gasteiger charge is 2.50. The van der Waals surface area contributed by atoms with Crippen molar-refractivity contribution in [3.63, 3.8) is 0 Å². The lowest BCUT2D eigenvalue weighted by molar-refractivity contribution is -0.208. The third kappa shape index (κ3) is 8.66. The molecular weight excluding hydrogens is 586 g/mol. The summed E-state index contributed by atoms with van der Waals surface area (Å²) < 4.78 is 17.7. The zero-order chi connectivity index (χ0) is 33.3. The Hall–Kier alpha value is -3.47. The summed E-state index contributed by atoms with van der Waals surface area (Å²) >= 11 is 0. The number of aryl methyl sites for hydroxylation is 1. The molecule has 0 aliphatic carbocycles. The van der Waals surface area contributed by atoms with Crippen molar-refractivity contribution in [1.82, 2.24) is 15.1 Å². The van der Waals surface area contributed by atoms with Crippen molar-refractivity contribution in [2.75, 3.05) is 60.2 Å². The highest BCUT2D eigenvalue weighted by Crippen LogP contribution is 2.41. The molecular formula is C36H51N3O7. The minimum Gasteiger partial charge on any atom is -0.493 e. The number of hydrogen-bond donors (Lipinski definition) is 2. The molecule has 2 aromatic carbocycles. The SMILES string of the molecule is COCCCOc1cc(C(=O)N(C[C@@H]2CNC[C@H]2CN(C)C(=O)Cc2ccccc2)C2(C(C)C)CC(C(=O)O)CCO2)ccc1C. The molecule has 10 nitrogen and oxygen atoms in total. The predicted molar refractivity (Wildman–Crippen MR) is 176 cm³/mol. The smallest absolute Gasteiger partial charge is 0.306 e. The van der Waals surface area contributed by atoms with Crippen LogP contribution in [0.25, 0.3) is 0 Å². The molecule has 10 heteroatoms. The van der Waals surface area contributed by atoms with Crippen LogP contribution in [0.4, 0.5) is 0 Å². The largest absolute Gasteiger partial charge is 0.493 e. The van der Waals surface area contributed by atoms with Gasteiger partial charge in [-0.3, -0.25) is 14.4 Å². The summed E-state index contributed by atoms with van der Waals surface area (Å²) in [5.41, 5.74) is 1.25. The zero-order valence-electron chi connectivity index (χ0n) is 28.0. The topological polar surface area (TPSA) is 118 Å². The minimum absolute atomic E-state index is 0.0237. The normalized spacial score (nSPS) is 22.9. The second-order valence-corrected chi connectivity index (χ2v) is 13.1. The molecule has 2 aliphatic rings. The summed E-state index contributed by atoms with van der Waals surface area (Å²) in [6.07, 6.45) is 1.66. The number of amides is 2. The van der Waals surface area contributed by atoms with Crippen molar-refractivity contribution in [3.8, 4) is 5.75 Å². The lowest BCUT2D eigenvalue weighted by Crippen LogP contribution is -2.62. The lowest BCUT2D eigenvalue weighted by atomic mass is 9.82. The van der Waals surface area contributed by atoms with Crippen LogP contribution >= 0.6 is 0 Å². The van der Waals surface area contributed by atoms with Gasteiger partial charge in [0.2, 0.25) is 5.91 Å². The Balaban J connectivity index is 1.61. The maximum Gasteiger partial charge on any atom is 0.306 e. The van der Waals surface area contributed by atoms with Crippen molar-refractivity contribution in [2.45, 2.75) is 52.2 Å². The number of methoxy groups -OCH3 is 1. The molecule has 0 radical (unpaired) electrons. The minimum atomic E-state index is -1.11. The van der Waals surface area contributed by atoms with Gasteiger partial charge in [0.05, 0.1) is 25.6 Å². The van der Waals surface area contributed by atoms with Gasteiger partial charge in [-0.25, -0.2) is 0 Å². The molecule has 2 saturated heterocycles. The lowest BCUT2D eigenvalue weighted by Gasteiger charge is -2.51. The highest BCUT2D eigenvalue weighted by molar-refractivity contribution is 5.95. The number of nitrogens with one attached hydrogen (secondary N) is 1. The van der Waals surface area contributed by atoms with Crippen LogP contribution in [0.5, 0.6) is 5.75 Å². The molecule has 252 valence electrons. The number of rotatable bonds is 15. The summed E-state index contributed by atoms with van der Waals surface area (Å²) in [5.74, 6) is -1.09. The maximum absolute atomic E-state index is 14.6. The second-order valence-electron chi connectivity index (χ2n) is 13.1. The Kier molecular flexibility index (Phi) is 12.6. The zero-order valence-corrected chi connectivity index (χ0v) is 28.0. The third-order valence-corrected chi connectivity index (χ3v) is 9.53. The third-order valence-electron chi connectivity index (χ3n) is 9.53. The molecule has 2 fully saturated rings. The van der Waals surface area contributed by atoms with E-state index >= 15 is 0 Å².